The summed E-state index contributed by atoms with van der Waals surface area (Å²) in [6.07, 6.45) is 5.29. The Morgan fingerprint density at radius 1 is 1.10 bits per heavy atom. The van der Waals surface area contributed by atoms with Crippen LogP contribution < -0.4 is 10.6 Å². The summed E-state index contributed by atoms with van der Waals surface area (Å²) in [4.78, 5) is 6.95. The van der Waals surface area contributed by atoms with E-state index in [1.807, 2.05) is 7.05 Å². The number of aliphatic imine (C=N–C) groups is 1. The van der Waals surface area contributed by atoms with Crippen molar-refractivity contribution in [3.63, 3.8) is 0 Å². The van der Waals surface area contributed by atoms with Gasteiger partial charge in [-0.2, -0.15) is 0 Å². The Hall–Kier alpha value is -1.64. The summed E-state index contributed by atoms with van der Waals surface area (Å²) in [5.41, 5.74) is 1.38. The Morgan fingerprint density at radius 3 is 2.30 bits per heavy atom. The Bertz CT molecular complexity index is 783. The van der Waals surface area contributed by atoms with Gasteiger partial charge in [-0.3, -0.25) is 9.89 Å². The van der Waals surface area contributed by atoms with Crippen LogP contribution in [0.4, 0.5) is 0 Å². The molecular weight excluding hydrogens is 398 g/mol. The van der Waals surface area contributed by atoms with Crippen molar-refractivity contribution in [3.05, 3.63) is 35.9 Å². The molecule has 8 heteroatoms. The fourth-order valence-corrected chi connectivity index (χ4v) is 5.32. The summed E-state index contributed by atoms with van der Waals surface area (Å²) in [6, 6.07) is 11.6. The monoisotopic (exact) mass is 435 g/mol. The number of hydrogen-bond acceptors (Lipinski definition) is 4. The maximum absolute atomic E-state index is 11.7. The molecule has 1 aromatic carbocycles. The zero-order chi connectivity index (χ0) is 21.6. The van der Waals surface area contributed by atoms with Gasteiger partial charge in [0.15, 0.2) is 5.96 Å². The number of benzene rings is 1. The van der Waals surface area contributed by atoms with E-state index in [1.165, 1.54) is 11.8 Å². The normalized spacial score (nSPS) is 22.0. The molecule has 2 saturated heterocycles. The van der Waals surface area contributed by atoms with Crippen molar-refractivity contribution in [2.75, 3.05) is 46.0 Å². The molecule has 3 rings (SSSR count). The van der Waals surface area contributed by atoms with E-state index in [2.05, 4.69) is 57.8 Å². The van der Waals surface area contributed by atoms with Crippen molar-refractivity contribution < 1.29 is 8.42 Å². The largest absolute Gasteiger partial charge is 0.356 e. The van der Waals surface area contributed by atoms with Crippen LogP contribution in [0.2, 0.25) is 0 Å². The third kappa shape index (κ3) is 6.43. The van der Waals surface area contributed by atoms with Gasteiger partial charge >= 0.3 is 0 Å². The molecule has 1 unspecified atom stereocenters. The zero-order valence-electron chi connectivity index (χ0n) is 18.5. The van der Waals surface area contributed by atoms with Crippen molar-refractivity contribution in [2.24, 2.45) is 10.9 Å². The number of piperidine rings is 2. The molecule has 2 aliphatic rings. The van der Waals surface area contributed by atoms with Crippen LogP contribution in [0.15, 0.2) is 35.3 Å². The van der Waals surface area contributed by atoms with Crippen LogP contribution in [-0.4, -0.2) is 75.7 Å². The van der Waals surface area contributed by atoms with Crippen molar-refractivity contribution in [2.45, 2.75) is 44.7 Å². The van der Waals surface area contributed by atoms with Crippen LogP contribution in [0.25, 0.3) is 0 Å². The van der Waals surface area contributed by atoms with Gasteiger partial charge in [0.25, 0.3) is 0 Å². The van der Waals surface area contributed by atoms with Crippen molar-refractivity contribution in [3.8, 4) is 0 Å². The van der Waals surface area contributed by atoms with E-state index in [-0.39, 0.29) is 0 Å². The minimum atomic E-state index is -3.06. The van der Waals surface area contributed by atoms with Crippen LogP contribution in [0, 0.1) is 5.92 Å². The van der Waals surface area contributed by atoms with E-state index < -0.39 is 10.0 Å². The molecule has 2 fully saturated rings. The summed E-state index contributed by atoms with van der Waals surface area (Å²) >= 11 is 0. The first kappa shape index (κ1) is 23.0. The number of nitrogens with zero attached hydrogens (tertiary/aromatic N) is 3. The highest BCUT2D eigenvalue weighted by Gasteiger charge is 2.26. The third-order valence-corrected chi connectivity index (χ3v) is 7.83. The average Bonchev–Trinajstić information content (AvgIpc) is 2.77. The molecule has 0 aliphatic carbocycles. The summed E-state index contributed by atoms with van der Waals surface area (Å²) in [5, 5.41) is 7.04. The number of guanidine groups is 1. The molecule has 7 nitrogen and oxygen atoms in total. The van der Waals surface area contributed by atoms with Crippen molar-refractivity contribution in [1.29, 1.82) is 0 Å². The van der Waals surface area contributed by atoms with Gasteiger partial charge in [-0.1, -0.05) is 30.3 Å². The molecule has 2 aliphatic heterocycles. The number of nitrogens with one attached hydrogen (secondary N) is 2. The first-order valence-corrected chi connectivity index (χ1v) is 12.9. The van der Waals surface area contributed by atoms with E-state index in [0.29, 0.717) is 31.1 Å². The van der Waals surface area contributed by atoms with Crippen LogP contribution in [-0.2, 0) is 10.0 Å². The summed E-state index contributed by atoms with van der Waals surface area (Å²) in [5.74, 6) is 1.34. The molecule has 0 amide bonds. The molecule has 0 saturated carbocycles. The second kappa shape index (κ2) is 10.6. The highest BCUT2D eigenvalue weighted by atomic mass is 32.2. The Morgan fingerprint density at radius 2 is 1.73 bits per heavy atom. The predicted octanol–water partition coefficient (Wildman–Crippen LogP) is 2.05. The van der Waals surface area contributed by atoms with E-state index >= 15 is 0 Å². The molecule has 2 heterocycles. The van der Waals surface area contributed by atoms with Crippen LogP contribution in [0.5, 0.6) is 0 Å². The van der Waals surface area contributed by atoms with Gasteiger partial charge in [0.1, 0.15) is 0 Å². The van der Waals surface area contributed by atoms with E-state index in [4.69, 9.17) is 0 Å². The Balaban J connectivity index is 1.39. The summed E-state index contributed by atoms with van der Waals surface area (Å²) < 4.78 is 24.9. The van der Waals surface area contributed by atoms with Crippen LogP contribution >= 0.6 is 0 Å². The number of hydrogen-bond donors (Lipinski definition) is 2. The molecule has 0 radical (unpaired) electrons. The van der Waals surface area contributed by atoms with Gasteiger partial charge in [0.05, 0.1) is 6.26 Å². The van der Waals surface area contributed by atoms with Gasteiger partial charge < -0.3 is 10.6 Å². The number of sulfonamides is 1. The summed E-state index contributed by atoms with van der Waals surface area (Å²) in [7, 11) is -1.25. The number of rotatable bonds is 6. The molecule has 0 bridgehead atoms. The van der Waals surface area contributed by atoms with Gasteiger partial charge in [-0.15, -0.1) is 0 Å². The molecular formula is C22H37N5O2S. The lowest BCUT2D eigenvalue weighted by Crippen LogP contribution is -2.50. The molecule has 168 valence electrons. The lowest BCUT2D eigenvalue weighted by molar-refractivity contribution is 0.158. The fraction of sp³-hybridized carbons (Fsp3) is 0.682. The molecule has 0 spiro atoms. The molecule has 30 heavy (non-hydrogen) atoms. The second-order valence-electron chi connectivity index (χ2n) is 8.60. The first-order valence-electron chi connectivity index (χ1n) is 11.1. The van der Waals surface area contributed by atoms with Gasteiger partial charge in [-0.25, -0.2) is 12.7 Å². The van der Waals surface area contributed by atoms with E-state index in [1.54, 1.807) is 4.31 Å². The minimum Gasteiger partial charge on any atom is -0.356 e. The Kier molecular flexibility index (Phi) is 8.13. The van der Waals surface area contributed by atoms with Gasteiger partial charge in [-0.05, 0) is 44.1 Å². The maximum Gasteiger partial charge on any atom is 0.211 e. The predicted molar refractivity (Wildman–Crippen MR) is 123 cm³/mol. The average molecular weight is 436 g/mol. The maximum atomic E-state index is 11.7. The van der Waals surface area contributed by atoms with Crippen molar-refractivity contribution in [1.82, 2.24) is 19.8 Å². The molecule has 1 aromatic rings. The third-order valence-electron chi connectivity index (χ3n) is 6.52. The lowest BCUT2D eigenvalue weighted by Gasteiger charge is -2.37. The molecule has 1 atom stereocenters. The minimum absolute atomic E-state index is 0.433. The standard InChI is InChI=1S/C22H37N5O2S/c1-18(20-7-5-4-6-8-20)26-13-11-21(12-14-26)25-22(23-2)24-17-19-9-15-27(16-10-19)30(3,28)29/h4-8,18-19,21H,9-17H2,1-3H3,(H2,23,24,25). The first-order chi connectivity index (χ1) is 14.4. The second-order valence-corrected chi connectivity index (χ2v) is 10.6. The lowest BCUT2D eigenvalue weighted by atomic mass is 9.98. The topological polar surface area (TPSA) is 77.0 Å². The highest BCUT2D eigenvalue weighted by molar-refractivity contribution is 7.88. The van der Waals surface area contributed by atoms with Crippen LogP contribution in [0.3, 0.4) is 0 Å². The quantitative estimate of drug-likeness (QED) is 0.528. The summed E-state index contributed by atoms with van der Waals surface area (Å²) in [6.45, 7) is 6.52. The van der Waals surface area contributed by atoms with E-state index in [9.17, 15) is 8.42 Å². The SMILES string of the molecule is CN=C(NCC1CCN(S(C)(=O)=O)CC1)NC1CCN(C(C)c2ccccc2)CC1. The van der Waals surface area contributed by atoms with Crippen molar-refractivity contribution >= 4 is 16.0 Å². The number of likely N-dealkylation sites (tertiary alicyclic amines) is 1. The fourth-order valence-electron chi connectivity index (χ4n) is 4.45. The van der Waals surface area contributed by atoms with Crippen LogP contribution in [0.1, 0.15) is 44.2 Å². The van der Waals surface area contributed by atoms with E-state index in [0.717, 1.165) is 51.3 Å². The Labute approximate surface area is 182 Å². The zero-order valence-corrected chi connectivity index (χ0v) is 19.4. The highest BCUT2D eigenvalue weighted by Crippen LogP contribution is 2.24. The smallest absolute Gasteiger partial charge is 0.211 e. The van der Waals surface area contributed by atoms with Gasteiger partial charge in [0, 0.05) is 51.9 Å². The molecule has 0 aromatic heterocycles. The molecule has 2 N–H and O–H groups in total. The van der Waals surface area contributed by atoms with Gasteiger partial charge in [0.2, 0.25) is 10.0 Å².